The SMILES string of the molecule is CCOC(=O)C(Cc1ccc(OC(F)(F)F)cc1)(OC[C@H]1OC[C@](F)(n2cnc3c(N)nc(Cl)nc32)[C@@H]1O)C(=O)OCC. The molecule has 3 N–H and O–H groups in total. The number of carbonyl (C=O) groups excluding carboxylic acids is 2. The van der Waals surface area contributed by atoms with Crippen LogP contribution in [0.1, 0.15) is 19.4 Å². The molecule has 13 nitrogen and oxygen atoms in total. The third-order valence-electron chi connectivity index (χ3n) is 6.42. The number of halogens is 5. The van der Waals surface area contributed by atoms with Crippen molar-refractivity contribution in [3.05, 3.63) is 41.4 Å². The van der Waals surface area contributed by atoms with E-state index in [1.807, 2.05) is 0 Å². The van der Waals surface area contributed by atoms with Crippen LogP contribution in [-0.2, 0) is 40.8 Å². The number of esters is 2. The van der Waals surface area contributed by atoms with E-state index in [0.29, 0.717) is 0 Å². The summed E-state index contributed by atoms with van der Waals surface area (Å²) in [6, 6.07) is 4.30. The summed E-state index contributed by atoms with van der Waals surface area (Å²) in [5.41, 5.74) is 3.31. The predicted molar refractivity (Wildman–Crippen MR) is 138 cm³/mol. The second-order valence-corrected chi connectivity index (χ2v) is 9.56. The summed E-state index contributed by atoms with van der Waals surface area (Å²) in [5.74, 6) is -5.72. The average Bonchev–Trinajstić information content (AvgIpc) is 3.49. The van der Waals surface area contributed by atoms with Gasteiger partial charge in [0.05, 0.1) is 26.1 Å². The molecule has 0 amide bonds. The molecule has 4 rings (SSSR count). The first-order valence-corrected chi connectivity index (χ1v) is 13.1. The number of hydrogen-bond donors (Lipinski definition) is 2. The molecule has 1 aliphatic rings. The number of aliphatic hydroxyl groups excluding tert-OH is 1. The highest BCUT2D eigenvalue weighted by Crippen LogP contribution is 2.37. The first-order valence-electron chi connectivity index (χ1n) is 12.7. The quantitative estimate of drug-likeness (QED) is 0.137. The number of carbonyl (C=O) groups is 2. The first kappa shape index (κ1) is 32.1. The fourth-order valence-corrected chi connectivity index (χ4v) is 4.59. The molecule has 0 unspecified atom stereocenters. The number of aromatic nitrogens is 4. The molecule has 0 radical (unpaired) electrons. The Morgan fingerprint density at radius 1 is 1.16 bits per heavy atom. The van der Waals surface area contributed by atoms with Crippen molar-refractivity contribution in [3.63, 3.8) is 0 Å². The molecule has 3 atom stereocenters. The van der Waals surface area contributed by atoms with Crippen molar-refractivity contribution in [2.45, 2.75) is 50.2 Å². The minimum atomic E-state index is -4.94. The van der Waals surface area contributed by atoms with Gasteiger partial charge in [-0.3, -0.25) is 4.57 Å². The van der Waals surface area contributed by atoms with Crippen LogP contribution in [-0.4, -0.2) is 87.2 Å². The van der Waals surface area contributed by atoms with Gasteiger partial charge in [-0.05, 0) is 43.1 Å². The minimum Gasteiger partial charge on any atom is -0.463 e. The number of rotatable bonds is 11. The monoisotopic (exact) mass is 635 g/mol. The molecule has 1 fully saturated rings. The van der Waals surface area contributed by atoms with E-state index in [4.69, 9.17) is 36.3 Å². The number of hydrogen-bond acceptors (Lipinski definition) is 12. The van der Waals surface area contributed by atoms with Crippen molar-refractivity contribution >= 4 is 40.5 Å². The topological polar surface area (TPSA) is 170 Å². The average molecular weight is 636 g/mol. The lowest BCUT2D eigenvalue weighted by Crippen LogP contribution is -2.55. The lowest BCUT2D eigenvalue weighted by atomic mass is 9.93. The third-order valence-corrected chi connectivity index (χ3v) is 6.58. The minimum absolute atomic E-state index is 0.0172. The molecule has 1 aromatic carbocycles. The van der Waals surface area contributed by atoms with Crippen molar-refractivity contribution < 1.29 is 55.9 Å². The standard InChI is InChI=1S/C25H26ClF4N5O8/c1-3-39-20(37)23(21(38)40-4-2,9-13-5-7-14(8-6-13)43-25(28,29)30)42-10-15-17(36)24(27,11-41-15)35-12-32-16-18(31)33-22(26)34-19(16)35/h5-8,12,15,17,36H,3-4,9-11H2,1-2H3,(H2,31,33,34)/t15-,17-,24+/m1/s1. The van der Waals surface area contributed by atoms with Crippen molar-refractivity contribution in [2.75, 3.05) is 32.2 Å². The number of benzene rings is 1. The number of nitrogens with two attached hydrogens (primary N) is 1. The number of nitrogens with zero attached hydrogens (tertiary/aromatic N) is 4. The zero-order valence-corrected chi connectivity index (χ0v) is 23.4. The molecule has 234 valence electrons. The summed E-state index contributed by atoms with van der Waals surface area (Å²) in [5, 5.41) is 10.7. The Morgan fingerprint density at radius 3 is 2.37 bits per heavy atom. The lowest BCUT2D eigenvalue weighted by molar-refractivity contribution is -0.274. The smallest absolute Gasteiger partial charge is 0.463 e. The first-order chi connectivity index (χ1) is 20.2. The fourth-order valence-electron chi connectivity index (χ4n) is 4.42. The molecule has 0 bridgehead atoms. The molecule has 18 heteroatoms. The molecule has 0 aliphatic carbocycles. The van der Waals surface area contributed by atoms with Gasteiger partial charge in [-0.25, -0.2) is 19.0 Å². The molecular weight excluding hydrogens is 610 g/mol. The van der Waals surface area contributed by atoms with Crippen molar-refractivity contribution in [2.24, 2.45) is 0 Å². The second-order valence-electron chi connectivity index (χ2n) is 9.23. The lowest BCUT2D eigenvalue weighted by Gasteiger charge is -2.31. The second kappa shape index (κ2) is 12.4. The van der Waals surface area contributed by atoms with Crippen LogP contribution in [0.4, 0.5) is 23.4 Å². The number of ether oxygens (including phenoxy) is 5. The van der Waals surface area contributed by atoms with Crippen molar-refractivity contribution in [1.82, 2.24) is 19.5 Å². The molecule has 1 aliphatic heterocycles. The van der Waals surface area contributed by atoms with E-state index >= 15 is 4.39 Å². The van der Waals surface area contributed by atoms with E-state index in [1.54, 1.807) is 0 Å². The molecule has 43 heavy (non-hydrogen) atoms. The zero-order valence-electron chi connectivity index (χ0n) is 22.6. The van der Waals surface area contributed by atoms with Gasteiger partial charge in [-0.2, -0.15) is 9.97 Å². The number of imidazole rings is 1. The largest absolute Gasteiger partial charge is 0.573 e. The highest BCUT2D eigenvalue weighted by molar-refractivity contribution is 6.28. The highest BCUT2D eigenvalue weighted by Gasteiger charge is 2.56. The van der Waals surface area contributed by atoms with Crippen molar-refractivity contribution in [1.29, 1.82) is 0 Å². The summed E-state index contributed by atoms with van der Waals surface area (Å²) < 4.78 is 80.1. The number of fused-ring (bicyclic) bond motifs is 1. The van der Waals surface area contributed by atoms with Crippen LogP contribution in [0.5, 0.6) is 5.75 Å². The van der Waals surface area contributed by atoms with Gasteiger partial charge in [0, 0.05) is 6.42 Å². The normalized spacial score (nSPS) is 20.7. The Hall–Kier alpha value is -3.80. The number of alkyl halides is 4. The van der Waals surface area contributed by atoms with Crippen LogP contribution < -0.4 is 10.5 Å². The van der Waals surface area contributed by atoms with Crippen LogP contribution in [0.2, 0.25) is 5.28 Å². The molecule has 1 saturated heterocycles. The van der Waals surface area contributed by atoms with Crippen LogP contribution in [0.3, 0.4) is 0 Å². The Balaban J connectivity index is 1.62. The Kier molecular flexibility index (Phi) is 9.29. The predicted octanol–water partition coefficient (Wildman–Crippen LogP) is 2.47. The Labute approximate surface area is 245 Å². The summed E-state index contributed by atoms with van der Waals surface area (Å²) in [4.78, 5) is 38.1. The number of nitrogen functional groups attached to an aromatic ring is 1. The summed E-state index contributed by atoms with van der Waals surface area (Å²) in [6.07, 6.45) is -7.90. The van der Waals surface area contributed by atoms with Gasteiger partial charge in [0.1, 0.15) is 30.1 Å². The van der Waals surface area contributed by atoms with E-state index < -0.39 is 67.3 Å². The fraction of sp³-hybridized carbons (Fsp3) is 0.480. The Morgan fingerprint density at radius 2 is 1.79 bits per heavy atom. The van der Waals surface area contributed by atoms with Gasteiger partial charge in [-0.1, -0.05) is 12.1 Å². The van der Waals surface area contributed by atoms with Gasteiger partial charge in [0.25, 0.3) is 5.60 Å². The molecule has 0 saturated carbocycles. The van der Waals surface area contributed by atoms with Crippen LogP contribution in [0.25, 0.3) is 11.2 Å². The molecule has 0 spiro atoms. The highest BCUT2D eigenvalue weighted by atomic mass is 35.5. The number of anilines is 1. The van der Waals surface area contributed by atoms with Crippen LogP contribution in [0, 0.1) is 0 Å². The maximum Gasteiger partial charge on any atom is 0.573 e. The summed E-state index contributed by atoms with van der Waals surface area (Å²) in [7, 11) is 0. The van der Waals surface area contributed by atoms with Gasteiger partial charge in [0.2, 0.25) is 11.1 Å². The Bertz CT molecular complexity index is 1460. The van der Waals surface area contributed by atoms with E-state index in [0.717, 1.165) is 23.0 Å². The molecule has 3 aromatic rings. The maximum atomic E-state index is 16.3. The molecule has 3 heterocycles. The molecule has 2 aromatic heterocycles. The van der Waals surface area contributed by atoms with Crippen LogP contribution in [0.15, 0.2) is 30.6 Å². The third kappa shape index (κ3) is 6.58. The van der Waals surface area contributed by atoms with Gasteiger partial charge in [0.15, 0.2) is 11.5 Å². The zero-order chi connectivity index (χ0) is 31.6. The maximum absolute atomic E-state index is 16.3. The van der Waals surface area contributed by atoms with E-state index in [-0.39, 0.29) is 41.0 Å². The van der Waals surface area contributed by atoms with E-state index in [1.165, 1.54) is 26.0 Å². The van der Waals surface area contributed by atoms with Gasteiger partial charge in [-0.15, -0.1) is 13.2 Å². The van der Waals surface area contributed by atoms with Crippen molar-refractivity contribution in [3.8, 4) is 5.75 Å². The summed E-state index contributed by atoms with van der Waals surface area (Å²) in [6.45, 7) is 1.11. The summed E-state index contributed by atoms with van der Waals surface area (Å²) >= 11 is 5.86. The molecular formula is C25H26ClF4N5O8. The van der Waals surface area contributed by atoms with E-state index in [9.17, 15) is 27.9 Å². The van der Waals surface area contributed by atoms with E-state index in [2.05, 4.69) is 19.7 Å². The number of aliphatic hydroxyl groups is 1. The van der Waals surface area contributed by atoms with Gasteiger partial charge >= 0.3 is 18.3 Å². The van der Waals surface area contributed by atoms with Gasteiger partial charge < -0.3 is 34.5 Å². The van der Waals surface area contributed by atoms with Crippen LogP contribution >= 0.6 is 11.6 Å².